The van der Waals surface area contributed by atoms with Crippen LogP contribution in [0, 0.1) is 17.0 Å². The van der Waals surface area contributed by atoms with Gasteiger partial charge < -0.3 is 9.84 Å². The average molecular weight is 291 g/mol. The molecule has 110 valence electrons. The van der Waals surface area contributed by atoms with Gasteiger partial charge in [-0.15, -0.1) is 0 Å². The van der Waals surface area contributed by atoms with E-state index in [1.54, 1.807) is 13.0 Å². The van der Waals surface area contributed by atoms with Gasteiger partial charge in [-0.05, 0) is 18.6 Å². The van der Waals surface area contributed by atoms with Gasteiger partial charge in [0.25, 0.3) is 0 Å². The van der Waals surface area contributed by atoms with Crippen LogP contribution in [0.1, 0.15) is 21.6 Å². The molecule has 1 heterocycles. The van der Waals surface area contributed by atoms with Gasteiger partial charge in [0, 0.05) is 6.07 Å². The van der Waals surface area contributed by atoms with Crippen LogP contribution in [-0.4, -0.2) is 32.9 Å². The van der Waals surface area contributed by atoms with Crippen molar-refractivity contribution in [1.29, 1.82) is 0 Å². The number of hydrogen-bond acceptors (Lipinski definition) is 5. The van der Waals surface area contributed by atoms with E-state index in [1.807, 2.05) is 0 Å². The Labute approximate surface area is 119 Å². The van der Waals surface area contributed by atoms with Crippen molar-refractivity contribution >= 4 is 11.7 Å². The van der Waals surface area contributed by atoms with Crippen LogP contribution < -0.4 is 4.74 Å². The SMILES string of the molecule is COc1ccc(Cn2ncc(C(=O)O)c2C)cc1[N+](=O)[O-]. The van der Waals surface area contributed by atoms with Gasteiger partial charge in [-0.25, -0.2) is 4.79 Å². The maximum atomic E-state index is 11.0. The Hall–Kier alpha value is -2.90. The summed E-state index contributed by atoms with van der Waals surface area (Å²) in [5.74, 6) is -0.883. The monoisotopic (exact) mass is 291 g/mol. The van der Waals surface area contributed by atoms with Crippen molar-refractivity contribution in [2.75, 3.05) is 7.11 Å². The molecule has 0 radical (unpaired) electrons. The van der Waals surface area contributed by atoms with Gasteiger partial charge in [0.1, 0.15) is 5.56 Å². The molecule has 1 aromatic heterocycles. The van der Waals surface area contributed by atoms with Crippen LogP contribution in [0.15, 0.2) is 24.4 Å². The number of ether oxygens (including phenoxy) is 1. The molecule has 0 aliphatic carbocycles. The number of carboxylic acid groups (broad SMARTS) is 1. The van der Waals surface area contributed by atoms with E-state index in [4.69, 9.17) is 9.84 Å². The van der Waals surface area contributed by atoms with Gasteiger partial charge in [0.05, 0.1) is 30.5 Å². The summed E-state index contributed by atoms with van der Waals surface area (Å²) in [4.78, 5) is 21.4. The number of hydrogen-bond donors (Lipinski definition) is 1. The molecular formula is C13H13N3O5. The van der Waals surface area contributed by atoms with E-state index in [9.17, 15) is 14.9 Å². The van der Waals surface area contributed by atoms with E-state index in [0.29, 0.717) is 11.3 Å². The predicted octanol–water partition coefficient (Wildman–Crippen LogP) is 1.85. The molecule has 0 bridgehead atoms. The number of carbonyl (C=O) groups is 1. The molecule has 8 heteroatoms. The summed E-state index contributed by atoms with van der Waals surface area (Å²) in [6.07, 6.45) is 1.26. The Morgan fingerprint density at radius 2 is 2.24 bits per heavy atom. The molecular weight excluding hydrogens is 278 g/mol. The van der Waals surface area contributed by atoms with Crippen LogP contribution in [0.3, 0.4) is 0 Å². The van der Waals surface area contributed by atoms with Crippen molar-refractivity contribution in [3.63, 3.8) is 0 Å². The second-order valence-electron chi connectivity index (χ2n) is 4.37. The molecule has 0 atom stereocenters. The summed E-state index contributed by atoms with van der Waals surface area (Å²) < 4.78 is 6.41. The first-order chi connectivity index (χ1) is 9.93. The number of aromatic nitrogens is 2. The lowest BCUT2D eigenvalue weighted by Gasteiger charge is -2.07. The van der Waals surface area contributed by atoms with E-state index >= 15 is 0 Å². The van der Waals surface area contributed by atoms with Gasteiger partial charge in [-0.3, -0.25) is 14.8 Å². The van der Waals surface area contributed by atoms with Crippen molar-refractivity contribution in [3.05, 3.63) is 51.3 Å². The summed E-state index contributed by atoms with van der Waals surface area (Å²) in [7, 11) is 1.36. The maximum absolute atomic E-state index is 11.0. The minimum Gasteiger partial charge on any atom is -0.490 e. The largest absolute Gasteiger partial charge is 0.490 e. The first-order valence-corrected chi connectivity index (χ1v) is 6.01. The summed E-state index contributed by atoms with van der Waals surface area (Å²) >= 11 is 0. The van der Waals surface area contributed by atoms with Gasteiger partial charge in [0.15, 0.2) is 5.75 Å². The number of benzene rings is 1. The highest BCUT2D eigenvalue weighted by Gasteiger charge is 2.17. The molecule has 0 saturated heterocycles. The smallest absolute Gasteiger partial charge is 0.339 e. The summed E-state index contributed by atoms with van der Waals surface area (Å²) in [6.45, 7) is 1.87. The molecule has 2 aromatic rings. The third kappa shape index (κ3) is 2.83. The van der Waals surface area contributed by atoms with Gasteiger partial charge >= 0.3 is 11.7 Å². The fourth-order valence-electron chi connectivity index (χ4n) is 1.97. The molecule has 0 aliphatic heterocycles. The molecule has 0 aliphatic rings. The predicted molar refractivity (Wildman–Crippen MR) is 72.7 cm³/mol. The minimum atomic E-state index is -1.06. The summed E-state index contributed by atoms with van der Waals surface area (Å²) in [5, 5.41) is 23.9. The lowest BCUT2D eigenvalue weighted by atomic mass is 10.2. The second-order valence-corrected chi connectivity index (χ2v) is 4.37. The van der Waals surface area contributed by atoms with Crippen molar-refractivity contribution in [2.24, 2.45) is 0 Å². The van der Waals surface area contributed by atoms with E-state index in [0.717, 1.165) is 0 Å². The standard InChI is InChI=1S/C13H13N3O5/c1-8-10(13(17)18)6-14-15(8)7-9-3-4-12(21-2)11(5-9)16(19)20/h3-6H,7H2,1-2H3,(H,17,18). The first-order valence-electron chi connectivity index (χ1n) is 6.01. The summed E-state index contributed by atoms with van der Waals surface area (Å²) in [6, 6.07) is 4.57. The molecule has 0 amide bonds. The first kappa shape index (κ1) is 14.5. The zero-order chi connectivity index (χ0) is 15.6. The highest BCUT2D eigenvalue weighted by atomic mass is 16.6. The van der Waals surface area contributed by atoms with Gasteiger partial charge in [-0.2, -0.15) is 5.10 Å². The quantitative estimate of drug-likeness (QED) is 0.665. The Kier molecular flexibility index (Phi) is 3.88. The number of rotatable bonds is 5. The minimum absolute atomic E-state index is 0.109. The maximum Gasteiger partial charge on any atom is 0.339 e. The molecule has 2 rings (SSSR count). The zero-order valence-corrected chi connectivity index (χ0v) is 11.4. The van der Waals surface area contributed by atoms with Crippen molar-refractivity contribution in [3.8, 4) is 5.75 Å². The number of nitrogens with zero attached hydrogens (tertiary/aromatic N) is 3. The lowest BCUT2D eigenvalue weighted by molar-refractivity contribution is -0.385. The van der Waals surface area contributed by atoms with E-state index in [1.165, 1.54) is 30.1 Å². The fourth-order valence-corrected chi connectivity index (χ4v) is 1.97. The number of nitro groups is 1. The Morgan fingerprint density at radius 1 is 1.52 bits per heavy atom. The van der Waals surface area contributed by atoms with E-state index in [2.05, 4.69) is 5.10 Å². The Balaban J connectivity index is 2.34. The molecule has 1 aromatic carbocycles. The van der Waals surface area contributed by atoms with E-state index < -0.39 is 10.9 Å². The fraction of sp³-hybridized carbons (Fsp3) is 0.231. The number of nitro benzene ring substituents is 1. The summed E-state index contributed by atoms with van der Waals surface area (Å²) in [5.41, 5.74) is 1.09. The zero-order valence-electron chi connectivity index (χ0n) is 11.4. The van der Waals surface area contributed by atoms with Crippen LogP contribution in [0.2, 0.25) is 0 Å². The number of aromatic carboxylic acids is 1. The van der Waals surface area contributed by atoms with Gasteiger partial charge in [0.2, 0.25) is 0 Å². The molecule has 0 saturated carbocycles. The number of carboxylic acids is 1. The van der Waals surface area contributed by atoms with Crippen molar-refractivity contribution in [2.45, 2.75) is 13.5 Å². The molecule has 1 N–H and O–H groups in total. The van der Waals surface area contributed by atoms with Crippen LogP contribution >= 0.6 is 0 Å². The van der Waals surface area contributed by atoms with Gasteiger partial charge in [-0.1, -0.05) is 6.07 Å². The Morgan fingerprint density at radius 3 is 2.76 bits per heavy atom. The number of methoxy groups -OCH3 is 1. The molecule has 8 nitrogen and oxygen atoms in total. The average Bonchev–Trinajstić information content (AvgIpc) is 2.80. The Bertz CT molecular complexity index is 708. The third-order valence-electron chi connectivity index (χ3n) is 3.11. The topological polar surface area (TPSA) is 107 Å². The normalized spacial score (nSPS) is 10.4. The highest BCUT2D eigenvalue weighted by molar-refractivity contribution is 5.88. The molecule has 0 spiro atoms. The van der Waals surface area contributed by atoms with E-state index in [-0.39, 0.29) is 23.5 Å². The molecule has 0 unspecified atom stereocenters. The molecule has 0 fully saturated rings. The van der Waals surface area contributed by atoms with Crippen LogP contribution in [-0.2, 0) is 6.54 Å². The highest BCUT2D eigenvalue weighted by Crippen LogP contribution is 2.27. The van der Waals surface area contributed by atoms with Crippen LogP contribution in [0.25, 0.3) is 0 Å². The molecule has 21 heavy (non-hydrogen) atoms. The second kappa shape index (κ2) is 5.61. The van der Waals surface area contributed by atoms with Crippen molar-refractivity contribution in [1.82, 2.24) is 9.78 Å². The lowest BCUT2D eigenvalue weighted by Crippen LogP contribution is -2.06. The van der Waals surface area contributed by atoms with Crippen LogP contribution in [0.5, 0.6) is 5.75 Å². The van der Waals surface area contributed by atoms with Crippen LogP contribution in [0.4, 0.5) is 5.69 Å². The third-order valence-corrected chi connectivity index (χ3v) is 3.11. The van der Waals surface area contributed by atoms with Crippen molar-refractivity contribution < 1.29 is 19.6 Å².